The Kier molecular flexibility index (Phi) is 16.1. The van der Waals surface area contributed by atoms with E-state index in [1.54, 1.807) is 0 Å². The van der Waals surface area contributed by atoms with E-state index in [1.165, 1.54) is 0 Å². The minimum absolute atomic E-state index is 0.491. The molecule has 0 radical (unpaired) electrons. The van der Waals surface area contributed by atoms with E-state index < -0.39 is 0 Å². The Morgan fingerprint density at radius 3 is 1.89 bits per heavy atom. The summed E-state index contributed by atoms with van der Waals surface area (Å²) in [7, 11) is 0. The van der Waals surface area contributed by atoms with Gasteiger partial charge < -0.3 is 29.6 Å². The maximum Gasteiger partial charge on any atom is 0.207 e. The fourth-order valence-electron chi connectivity index (χ4n) is 1.16. The largest absolute Gasteiger partial charge is 0.378 e. The van der Waals surface area contributed by atoms with Crippen LogP contribution in [-0.4, -0.2) is 72.0 Å². The molecule has 0 aromatic heterocycles. The van der Waals surface area contributed by atoms with E-state index in [9.17, 15) is 9.59 Å². The first-order valence-electron chi connectivity index (χ1n) is 6.46. The first-order valence-corrected chi connectivity index (χ1v) is 6.46. The van der Waals surface area contributed by atoms with Gasteiger partial charge in [0.2, 0.25) is 6.41 Å². The van der Waals surface area contributed by atoms with Gasteiger partial charge in [0.15, 0.2) is 0 Å². The Balaban J connectivity index is 2.91. The molecule has 0 aliphatic carbocycles. The van der Waals surface area contributed by atoms with Crippen LogP contribution in [0.1, 0.15) is 6.42 Å². The molecular weight excluding hydrogens is 252 g/mol. The molecule has 0 unspecified atom stereocenters. The molecule has 2 N–H and O–H groups in total. The summed E-state index contributed by atoms with van der Waals surface area (Å²) in [6, 6.07) is 0. The van der Waals surface area contributed by atoms with Gasteiger partial charge in [-0.05, 0) is 0 Å². The van der Waals surface area contributed by atoms with Gasteiger partial charge in [0, 0.05) is 26.1 Å². The lowest BCUT2D eigenvalue weighted by molar-refractivity contribution is -0.110. The third-order valence-electron chi connectivity index (χ3n) is 2.08. The van der Waals surface area contributed by atoms with Crippen molar-refractivity contribution in [1.82, 2.24) is 10.6 Å². The van der Waals surface area contributed by atoms with Crippen LogP contribution in [0.3, 0.4) is 0 Å². The van der Waals surface area contributed by atoms with Crippen LogP contribution < -0.4 is 10.6 Å². The smallest absolute Gasteiger partial charge is 0.207 e. The highest BCUT2D eigenvalue weighted by atomic mass is 16.5. The maximum atomic E-state index is 10.0. The molecule has 0 rings (SSSR count). The molecule has 0 heterocycles. The van der Waals surface area contributed by atoms with Crippen LogP contribution in [0.25, 0.3) is 0 Å². The summed E-state index contributed by atoms with van der Waals surface area (Å²) >= 11 is 0. The number of hydrogen-bond donors (Lipinski definition) is 2. The lowest BCUT2D eigenvalue weighted by Crippen LogP contribution is -2.22. The third-order valence-corrected chi connectivity index (χ3v) is 2.08. The average molecular weight is 276 g/mol. The average Bonchev–Trinajstić information content (AvgIpc) is 2.43. The van der Waals surface area contributed by atoms with Gasteiger partial charge in [-0.15, -0.1) is 0 Å². The van der Waals surface area contributed by atoms with Crippen molar-refractivity contribution in [1.29, 1.82) is 0 Å². The molecule has 0 bridgehead atoms. The van der Waals surface area contributed by atoms with Crippen LogP contribution in [0.2, 0.25) is 0 Å². The summed E-state index contributed by atoms with van der Waals surface area (Å²) < 4.78 is 15.8. The van der Waals surface area contributed by atoms with Crippen LogP contribution in [-0.2, 0) is 23.8 Å². The van der Waals surface area contributed by atoms with Gasteiger partial charge in [0.1, 0.15) is 6.29 Å². The SMILES string of the molecule is O=CCCNCCOCCOCCOCCNC=O. The topological polar surface area (TPSA) is 85.9 Å². The zero-order valence-electron chi connectivity index (χ0n) is 11.3. The van der Waals surface area contributed by atoms with Gasteiger partial charge in [-0.2, -0.15) is 0 Å². The van der Waals surface area contributed by atoms with E-state index in [2.05, 4.69) is 10.6 Å². The Bertz CT molecular complexity index is 185. The fraction of sp³-hybridized carbons (Fsp3) is 0.833. The Morgan fingerprint density at radius 1 is 0.737 bits per heavy atom. The molecule has 0 saturated heterocycles. The quantitative estimate of drug-likeness (QED) is 0.277. The van der Waals surface area contributed by atoms with Crippen molar-refractivity contribution < 1.29 is 23.8 Å². The minimum Gasteiger partial charge on any atom is -0.378 e. The third kappa shape index (κ3) is 17.0. The summed E-state index contributed by atoms with van der Waals surface area (Å²) in [5.41, 5.74) is 0. The molecule has 0 fully saturated rings. The molecule has 0 aliphatic heterocycles. The summed E-state index contributed by atoms with van der Waals surface area (Å²) in [5, 5.41) is 5.57. The summed E-state index contributed by atoms with van der Waals surface area (Å²) in [6.07, 6.45) is 2.06. The lowest BCUT2D eigenvalue weighted by atomic mass is 10.4. The zero-order valence-corrected chi connectivity index (χ0v) is 11.3. The number of hydrogen-bond acceptors (Lipinski definition) is 6. The van der Waals surface area contributed by atoms with Crippen molar-refractivity contribution in [3.05, 3.63) is 0 Å². The van der Waals surface area contributed by atoms with Gasteiger partial charge >= 0.3 is 0 Å². The molecule has 0 spiro atoms. The number of aldehydes is 1. The number of ether oxygens (including phenoxy) is 3. The molecule has 7 nitrogen and oxygen atoms in total. The van der Waals surface area contributed by atoms with Crippen LogP contribution in [0.4, 0.5) is 0 Å². The summed E-state index contributed by atoms with van der Waals surface area (Å²) in [6.45, 7) is 5.15. The van der Waals surface area contributed by atoms with E-state index in [0.29, 0.717) is 65.6 Å². The van der Waals surface area contributed by atoms with Crippen LogP contribution in [0.15, 0.2) is 0 Å². The number of rotatable bonds is 16. The van der Waals surface area contributed by atoms with Crippen molar-refractivity contribution in [3.8, 4) is 0 Å². The van der Waals surface area contributed by atoms with Crippen LogP contribution >= 0.6 is 0 Å². The molecule has 7 heteroatoms. The van der Waals surface area contributed by atoms with Crippen molar-refractivity contribution >= 4 is 12.7 Å². The summed E-state index contributed by atoms with van der Waals surface area (Å²) in [4.78, 5) is 19.9. The van der Waals surface area contributed by atoms with Crippen LogP contribution in [0, 0.1) is 0 Å². The van der Waals surface area contributed by atoms with E-state index >= 15 is 0 Å². The minimum atomic E-state index is 0.491. The van der Waals surface area contributed by atoms with E-state index in [-0.39, 0.29) is 0 Å². The lowest BCUT2D eigenvalue weighted by Gasteiger charge is -2.07. The molecule has 0 atom stereocenters. The van der Waals surface area contributed by atoms with Crippen molar-refractivity contribution in [2.24, 2.45) is 0 Å². The number of amides is 1. The molecule has 0 aliphatic rings. The van der Waals surface area contributed by atoms with E-state index in [1.807, 2.05) is 0 Å². The highest BCUT2D eigenvalue weighted by molar-refractivity contribution is 5.49. The van der Waals surface area contributed by atoms with Crippen molar-refractivity contribution in [2.75, 3.05) is 59.3 Å². The second kappa shape index (κ2) is 17.0. The number of nitrogens with one attached hydrogen (secondary N) is 2. The fourth-order valence-corrected chi connectivity index (χ4v) is 1.16. The second-order valence-corrected chi connectivity index (χ2v) is 3.61. The molecular formula is C12H24N2O5. The van der Waals surface area contributed by atoms with Crippen LogP contribution in [0.5, 0.6) is 0 Å². The number of carbonyl (C=O) groups is 2. The van der Waals surface area contributed by atoms with Gasteiger partial charge in [0.25, 0.3) is 0 Å². The summed E-state index contributed by atoms with van der Waals surface area (Å²) in [5.74, 6) is 0. The normalized spacial score (nSPS) is 10.3. The van der Waals surface area contributed by atoms with Gasteiger partial charge in [-0.25, -0.2) is 0 Å². The standard InChI is InChI=1S/C12H24N2O5/c15-5-1-2-13-3-6-17-8-10-19-11-9-18-7-4-14-12-16/h5,12-13H,1-4,6-11H2,(H,14,16). The van der Waals surface area contributed by atoms with Gasteiger partial charge in [0.05, 0.1) is 39.6 Å². The molecule has 1 amide bonds. The predicted octanol–water partition coefficient (Wildman–Crippen LogP) is -1.04. The molecule has 19 heavy (non-hydrogen) atoms. The van der Waals surface area contributed by atoms with E-state index in [0.717, 1.165) is 12.8 Å². The Labute approximate surface area is 114 Å². The molecule has 112 valence electrons. The number of carbonyl (C=O) groups excluding carboxylic acids is 2. The Hall–Kier alpha value is -1.02. The second-order valence-electron chi connectivity index (χ2n) is 3.61. The molecule has 0 saturated carbocycles. The first kappa shape index (κ1) is 18.0. The zero-order chi connectivity index (χ0) is 14.0. The Morgan fingerprint density at radius 2 is 1.32 bits per heavy atom. The monoisotopic (exact) mass is 276 g/mol. The highest BCUT2D eigenvalue weighted by Crippen LogP contribution is 1.81. The molecule has 0 aromatic carbocycles. The van der Waals surface area contributed by atoms with Crippen molar-refractivity contribution in [2.45, 2.75) is 6.42 Å². The van der Waals surface area contributed by atoms with Gasteiger partial charge in [-0.3, -0.25) is 4.79 Å². The van der Waals surface area contributed by atoms with Gasteiger partial charge in [-0.1, -0.05) is 0 Å². The van der Waals surface area contributed by atoms with Crippen molar-refractivity contribution in [3.63, 3.8) is 0 Å². The molecule has 0 aromatic rings. The first-order chi connectivity index (χ1) is 9.41. The van der Waals surface area contributed by atoms with E-state index in [4.69, 9.17) is 14.2 Å². The highest BCUT2D eigenvalue weighted by Gasteiger charge is 1.92. The predicted molar refractivity (Wildman–Crippen MR) is 70.1 cm³/mol. The maximum absolute atomic E-state index is 10.0.